The van der Waals surface area contributed by atoms with E-state index in [1.165, 1.54) is 18.2 Å². The molecule has 0 radical (unpaired) electrons. The van der Waals surface area contributed by atoms with Crippen LogP contribution < -0.4 is 10.5 Å². The maximum atomic E-state index is 11.4. The highest BCUT2D eigenvalue weighted by Gasteiger charge is 2.18. The third-order valence-electron chi connectivity index (χ3n) is 2.12. The first-order valence-electron chi connectivity index (χ1n) is 4.97. The topological polar surface area (TPSA) is 130 Å². The lowest BCUT2D eigenvalue weighted by atomic mass is 10.1. The van der Waals surface area contributed by atoms with Gasteiger partial charge in [-0.25, -0.2) is 8.42 Å². The molecule has 1 rings (SSSR count). The molecule has 0 heterocycles. The number of hydrogen-bond donors (Lipinski definition) is 4. The number of nitrogens with two attached hydrogens (primary N) is 1. The molecule has 8 heteroatoms. The molecule has 0 fully saturated rings. The van der Waals surface area contributed by atoms with E-state index in [1.54, 1.807) is 4.72 Å². The van der Waals surface area contributed by atoms with Crippen molar-refractivity contribution in [1.29, 1.82) is 0 Å². The number of phenols is 2. The van der Waals surface area contributed by atoms with Crippen LogP contribution in [0.2, 0.25) is 0 Å². The largest absolute Gasteiger partial charge is 0.504 e. The van der Waals surface area contributed by atoms with Crippen molar-refractivity contribution in [3.05, 3.63) is 23.8 Å². The Morgan fingerprint density at radius 1 is 1.39 bits per heavy atom. The molecule has 5 N–H and O–H groups in total. The molecule has 0 aliphatic rings. The van der Waals surface area contributed by atoms with Crippen LogP contribution in [0.4, 0.5) is 0 Å². The van der Waals surface area contributed by atoms with Gasteiger partial charge >= 0.3 is 0 Å². The fourth-order valence-electron chi connectivity index (χ4n) is 1.30. The molecule has 100 valence electrons. The van der Waals surface area contributed by atoms with Crippen LogP contribution in [0.1, 0.15) is 5.56 Å². The normalized spacial score (nSPS) is 13.0. The smallest absolute Gasteiger partial charge is 0.250 e. The SMILES string of the molecule is CS(=O)(=O)NC(=O)[C@@H](N)Cc1ccc(O)c(O)c1. The Hall–Kier alpha value is -1.80. The molecule has 0 unspecified atom stereocenters. The minimum absolute atomic E-state index is 0.0369. The van der Waals surface area contributed by atoms with Gasteiger partial charge in [-0.3, -0.25) is 9.52 Å². The molecule has 1 amide bonds. The van der Waals surface area contributed by atoms with Gasteiger partial charge in [0.25, 0.3) is 5.91 Å². The third kappa shape index (κ3) is 4.22. The van der Waals surface area contributed by atoms with Crippen LogP contribution in [0.15, 0.2) is 18.2 Å². The van der Waals surface area contributed by atoms with Crippen molar-refractivity contribution in [3.8, 4) is 11.5 Å². The second-order valence-corrected chi connectivity index (χ2v) is 5.62. The van der Waals surface area contributed by atoms with Crippen molar-refractivity contribution in [2.75, 3.05) is 6.26 Å². The van der Waals surface area contributed by atoms with Gasteiger partial charge in [-0.15, -0.1) is 0 Å². The van der Waals surface area contributed by atoms with E-state index < -0.39 is 22.0 Å². The summed E-state index contributed by atoms with van der Waals surface area (Å²) in [4.78, 5) is 11.4. The zero-order chi connectivity index (χ0) is 13.9. The Balaban J connectivity index is 2.72. The van der Waals surface area contributed by atoms with Crippen LogP contribution in [0.3, 0.4) is 0 Å². The van der Waals surface area contributed by atoms with E-state index in [2.05, 4.69) is 0 Å². The van der Waals surface area contributed by atoms with E-state index in [0.717, 1.165) is 6.26 Å². The molecule has 0 spiro atoms. The first kappa shape index (κ1) is 14.3. The summed E-state index contributed by atoms with van der Waals surface area (Å²) in [6.45, 7) is 0. The van der Waals surface area contributed by atoms with Crippen molar-refractivity contribution in [1.82, 2.24) is 4.72 Å². The predicted molar refractivity (Wildman–Crippen MR) is 64.4 cm³/mol. The summed E-state index contributed by atoms with van der Waals surface area (Å²) in [5.74, 6) is -1.44. The van der Waals surface area contributed by atoms with Crippen molar-refractivity contribution in [2.24, 2.45) is 5.73 Å². The lowest BCUT2D eigenvalue weighted by Gasteiger charge is -2.11. The molecule has 1 aromatic rings. The van der Waals surface area contributed by atoms with Gasteiger partial charge in [0.2, 0.25) is 10.0 Å². The average molecular weight is 274 g/mol. The molecule has 1 aromatic carbocycles. The van der Waals surface area contributed by atoms with Crippen LogP contribution in [-0.4, -0.2) is 36.8 Å². The molecule has 0 aliphatic carbocycles. The lowest BCUT2D eigenvalue weighted by molar-refractivity contribution is -0.120. The molecule has 1 atom stereocenters. The van der Waals surface area contributed by atoms with Crippen molar-refractivity contribution < 1.29 is 23.4 Å². The number of rotatable bonds is 4. The molecule has 0 aromatic heterocycles. The maximum absolute atomic E-state index is 11.4. The predicted octanol–water partition coefficient (Wildman–Crippen LogP) is -0.957. The summed E-state index contributed by atoms with van der Waals surface area (Å²) in [6.07, 6.45) is 0.888. The Labute approximate surface area is 104 Å². The molecule has 0 aliphatic heterocycles. The van der Waals surface area contributed by atoms with Crippen LogP contribution in [0, 0.1) is 0 Å². The van der Waals surface area contributed by atoms with Gasteiger partial charge in [0.15, 0.2) is 11.5 Å². The Bertz CT molecular complexity index is 555. The zero-order valence-corrected chi connectivity index (χ0v) is 10.4. The highest BCUT2D eigenvalue weighted by atomic mass is 32.2. The maximum Gasteiger partial charge on any atom is 0.250 e. The van der Waals surface area contributed by atoms with Gasteiger partial charge < -0.3 is 15.9 Å². The summed E-state index contributed by atoms with van der Waals surface area (Å²) in [6, 6.07) is 2.92. The van der Waals surface area contributed by atoms with Gasteiger partial charge in [-0.2, -0.15) is 0 Å². The van der Waals surface area contributed by atoms with Crippen molar-refractivity contribution in [3.63, 3.8) is 0 Å². The van der Waals surface area contributed by atoms with Gasteiger partial charge in [0.1, 0.15) is 0 Å². The molecule has 18 heavy (non-hydrogen) atoms. The van der Waals surface area contributed by atoms with Crippen LogP contribution in [-0.2, 0) is 21.2 Å². The average Bonchev–Trinajstić information content (AvgIpc) is 2.21. The molecular formula is C10H14N2O5S. The second-order valence-electron chi connectivity index (χ2n) is 3.87. The van der Waals surface area contributed by atoms with E-state index in [9.17, 15) is 18.3 Å². The van der Waals surface area contributed by atoms with Gasteiger partial charge in [-0.1, -0.05) is 6.07 Å². The number of amides is 1. The van der Waals surface area contributed by atoms with E-state index in [-0.39, 0.29) is 17.9 Å². The van der Waals surface area contributed by atoms with E-state index in [0.29, 0.717) is 5.56 Å². The Morgan fingerprint density at radius 2 is 2.00 bits per heavy atom. The Morgan fingerprint density at radius 3 is 2.50 bits per heavy atom. The van der Waals surface area contributed by atoms with Crippen molar-refractivity contribution >= 4 is 15.9 Å². The van der Waals surface area contributed by atoms with Crippen LogP contribution in [0.25, 0.3) is 0 Å². The summed E-state index contributed by atoms with van der Waals surface area (Å²) in [7, 11) is -3.64. The van der Waals surface area contributed by atoms with Crippen molar-refractivity contribution in [2.45, 2.75) is 12.5 Å². The number of nitrogens with one attached hydrogen (secondary N) is 1. The van der Waals surface area contributed by atoms with Crippen LogP contribution >= 0.6 is 0 Å². The minimum Gasteiger partial charge on any atom is -0.504 e. The van der Waals surface area contributed by atoms with Gasteiger partial charge in [0, 0.05) is 0 Å². The summed E-state index contributed by atoms with van der Waals surface area (Å²) in [5, 5.41) is 18.4. The number of aromatic hydroxyl groups is 2. The quantitative estimate of drug-likeness (QED) is 0.523. The number of sulfonamides is 1. The molecule has 0 saturated carbocycles. The standard InChI is InChI=1S/C10H14N2O5S/c1-18(16,17)12-10(15)7(11)4-6-2-3-8(13)9(14)5-6/h2-3,5,7,13-14H,4,11H2,1H3,(H,12,15)/t7-/m0/s1. The van der Waals surface area contributed by atoms with E-state index in [4.69, 9.17) is 10.8 Å². The highest BCUT2D eigenvalue weighted by molar-refractivity contribution is 7.89. The monoisotopic (exact) mass is 274 g/mol. The lowest BCUT2D eigenvalue weighted by Crippen LogP contribution is -2.44. The number of phenolic OH excluding ortho intramolecular Hbond substituents is 2. The molecule has 0 bridgehead atoms. The summed E-state index contributed by atoms with van der Waals surface area (Å²) in [5.41, 5.74) is 6.03. The highest BCUT2D eigenvalue weighted by Crippen LogP contribution is 2.25. The summed E-state index contributed by atoms with van der Waals surface area (Å²) >= 11 is 0. The van der Waals surface area contributed by atoms with Gasteiger partial charge in [-0.05, 0) is 24.1 Å². The second kappa shape index (κ2) is 5.23. The number of carbonyl (C=O) groups is 1. The van der Waals surface area contributed by atoms with E-state index >= 15 is 0 Å². The fraction of sp³-hybridized carbons (Fsp3) is 0.300. The fourth-order valence-corrected chi connectivity index (χ4v) is 1.82. The van der Waals surface area contributed by atoms with Crippen LogP contribution in [0.5, 0.6) is 11.5 Å². The molecular weight excluding hydrogens is 260 g/mol. The Kier molecular flexibility index (Phi) is 4.15. The summed E-state index contributed by atoms with van der Waals surface area (Å²) < 4.78 is 23.4. The number of carbonyl (C=O) groups excluding carboxylic acids is 1. The third-order valence-corrected chi connectivity index (χ3v) is 2.69. The molecule has 7 nitrogen and oxygen atoms in total. The first-order valence-corrected chi connectivity index (χ1v) is 6.86. The van der Waals surface area contributed by atoms with Gasteiger partial charge in [0.05, 0.1) is 12.3 Å². The minimum atomic E-state index is -3.64. The number of hydrogen-bond acceptors (Lipinski definition) is 6. The zero-order valence-electron chi connectivity index (χ0n) is 9.62. The molecule has 0 saturated heterocycles. The van der Waals surface area contributed by atoms with E-state index in [1.807, 2.05) is 0 Å². The first-order chi connectivity index (χ1) is 8.19. The number of benzene rings is 1.